The molecule has 0 aliphatic carbocycles. The Balaban J connectivity index is 1.66. The quantitative estimate of drug-likeness (QED) is 0.352. The maximum Gasteiger partial charge on any atom is 0.227 e. The average Bonchev–Trinajstić information content (AvgIpc) is 2.79. The molecule has 2 aromatic heterocycles. The fourth-order valence-corrected chi connectivity index (χ4v) is 3.18. The zero-order chi connectivity index (χ0) is 23.6. The molecule has 0 spiro atoms. The maximum atomic E-state index is 11.1. The summed E-state index contributed by atoms with van der Waals surface area (Å²) in [4.78, 5) is 35.5. The van der Waals surface area contributed by atoms with Crippen molar-refractivity contribution in [1.29, 1.82) is 0 Å². The summed E-state index contributed by atoms with van der Waals surface area (Å²) < 4.78 is 0. The summed E-state index contributed by atoms with van der Waals surface area (Å²) in [5.41, 5.74) is 4.60. The van der Waals surface area contributed by atoms with Gasteiger partial charge in [0.15, 0.2) is 0 Å². The Bertz CT molecular complexity index is 1100. The number of rotatable bonds is 10. The van der Waals surface area contributed by atoms with Crippen LogP contribution in [0.3, 0.4) is 0 Å². The highest BCUT2D eigenvalue weighted by Crippen LogP contribution is 2.26. The summed E-state index contributed by atoms with van der Waals surface area (Å²) in [6.45, 7) is 6.82. The molecule has 0 saturated heterocycles. The van der Waals surface area contributed by atoms with Crippen LogP contribution >= 0.6 is 0 Å². The number of benzene rings is 1. The van der Waals surface area contributed by atoms with Crippen molar-refractivity contribution in [1.82, 2.24) is 25.6 Å². The molecule has 2 heterocycles. The second kappa shape index (κ2) is 11.6. The van der Waals surface area contributed by atoms with Crippen molar-refractivity contribution in [3.05, 3.63) is 59.9 Å². The Labute approximate surface area is 193 Å². The third-order valence-corrected chi connectivity index (χ3v) is 4.91. The van der Waals surface area contributed by atoms with Gasteiger partial charge in [-0.25, -0.2) is 15.0 Å². The van der Waals surface area contributed by atoms with Gasteiger partial charge < -0.3 is 21.3 Å². The largest absolute Gasteiger partial charge is 0.370 e. The van der Waals surface area contributed by atoms with E-state index >= 15 is 0 Å². The zero-order valence-corrected chi connectivity index (χ0v) is 19.1. The summed E-state index contributed by atoms with van der Waals surface area (Å²) in [5.74, 6) is 1.19. The van der Waals surface area contributed by atoms with Crippen molar-refractivity contribution in [2.75, 3.05) is 23.7 Å². The van der Waals surface area contributed by atoms with Crippen molar-refractivity contribution in [2.24, 2.45) is 0 Å². The third-order valence-electron chi connectivity index (χ3n) is 4.91. The van der Waals surface area contributed by atoms with Gasteiger partial charge in [0.1, 0.15) is 5.82 Å². The van der Waals surface area contributed by atoms with Gasteiger partial charge in [0.25, 0.3) is 0 Å². The van der Waals surface area contributed by atoms with E-state index in [9.17, 15) is 9.59 Å². The van der Waals surface area contributed by atoms with Crippen LogP contribution in [0.25, 0.3) is 11.3 Å². The minimum Gasteiger partial charge on any atom is -0.370 e. The molecule has 33 heavy (non-hydrogen) atoms. The summed E-state index contributed by atoms with van der Waals surface area (Å²) in [7, 11) is 0. The molecule has 3 aromatic rings. The first-order chi connectivity index (χ1) is 15.9. The van der Waals surface area contributed by atoms with E-state index in [1.165, 1.54) is 13.8 Å². The number of carbonyl (C=O) groups excluding carboxylic acids is 2. The fourth-order valence-electron chi connectivity index (χ4n) is 3.18. The molecule has 9 heteroatoms. The zero-order valence-electron chi connectivity index (χ0n) is 19.1. The van der Waals surface area contributed by atoms with Gasteiger partial charge in [-0.15, -0.1) is 0 Å². The van der Waals surface area contributed by atoms with Crippen molar-refractivity contribution >= 4 is 29.3 Å². The lowest BCUT2D eigenvalue weighted by Gasteiger charge is -2.13. The van der Waals surface area contributed by atoms with Gasteiger partial charge in [0.05, 0.1) is 5.69 Å². The number of anilines is 3. The molecule has 2 amide bonds. The Kier molecular flexibility index (Phi) is 8.29. The van der Waals surface area contributed by atoms with Gasteiger partial charge in [0, 0.05) is 62.7 Å². The second-order valence-electron chi connectivity index (χ2n) is 7.59. The number of nitrogens with zero attached hydrogens (tertiary/aromatic N) is 3. The monoisotopic (exact) mass is 447 g/mol. The molecule has 0 aliphatic rings. The van der Waals surface area contributed by atoms with Gasteiger partial charge in [-0.2, -0.15) is 0 Å². The Morgan fingerprint density at radius 3 is 2.33 bits per heavy atom. The SMILES string of the molecule is CC(=O)NCCCNc1nccc(-c2ccnc(Nc3ccc(CNC(C)=O)cc3)n2)c1C. The van der Waals surface area contributed by atoms with Crippen LogP contribution < -0.4 is 21.3 Å². The Morgan fingerprint density at radius 1 is 0.879 bits per heavy atom. The summed E-state index contributed by atoms with van der Waals surface area (Å²) in [6, 6.07) is 11.5. The molecule has 1 aromatic carbocycles. The Morgan fingerprint density at radius 2 is 1.61 bits per heavy atom. The van der Waals surface area contributed by atoms with E-state index in [4.69, 9.17) is 0 Å². The highest BCUT2D eigenvalue weighted by molar-refractivity contribution is 5.73. The van der Waals surface area contributed by atoms with Crippen LogP contribution in [-0.2, 0) is 16.1 Å². The molecular weight excluding hydrogens is 418 g/mol. The van der Waals surface area contributed by atoms with Crippen LogP contribution in [0.4, 0.5) is 17.5 Å². The van der Waals surface area contributed by atoms with Gasteiger partial charge >= 0.3 is 0 Å². The highest BCUT2D eigenvalue weighted by Gasteiger charge is 2.10. The summed E-state index contributed by atoms with van der Waals surface area (Å²) in [5, 5.41) is 12.1. The number of carbonyl (C=O) groups is 2. The van der Waals surface area contributed by atoms with E-state index in [1.54, 1.807) is 12.4 Å². The van der Waals surface area contributed by atoms with Gasteiger partial charge in [0.2, 0.25) is 17.8 Å². The average molecular weight is 448 g/mol. The first kappa shape index (κ1) is 23.6. The molecule has 172 valence electrons. The van der Waals surface area contributed by atoms with Crippen molar-refractivity contribution in [2.45, 2.75) is 33.7 Å². The number of hydrogen-bond acceptors (Lipinski definition) is 7. The smallest absolute Gasteiger partial charge is 0.227 e. The van der Waals surface area contributed by atoms with Crippen molar-refractivity contribution < 1.29 is 9.59 Å². The van der Waals surface area contributed by atoms with Gasteiger partial charge in [-0.3, -0.25) is 9.59 Å². The maximum absolute atomic E-state index is 11.1. The molecule has 0 atom stereocenters. The van der Waals surface area contributed by atoms with Crippen LogP contribution in [0.1, 0.15) is 31.4 Å². The molecule has 9 nitrogen and oxygen atoms in total. The molecule has 0 unspecified atom stereocenters. The lowest BCUT2D eigenvalue weighted by atomic mass is 10.1. The van der Waals surface area contributed by atoms with Crippen LogP contribution in [0, 0.1) is 6.92 Å². The van der Waals surface area contributed by atoms with E-state index in [-0.39, 0.29) is 11.8 Å². The number of amides is 2. The lowest BCUT2D eigenvalue weighted by Crippen LogP contribution is -2.22. The predicted octanol–water partition coefficient (Wildman–Crippen LogP) is 3.16. The normalized spacial score (nSPS) is 10.4. The lowest BCUT2D eigenvalue weighted by molar-refractivity contribution is -0.119. The fraction of sp³-hybridized carbons (Fsp3) is 0.292. The van der Waals surface area contributed by atoms with Gasteiger partial charge in [-0.05, 0) is 43.2 Å². The molecule has 0 radical (unpaired) electrons. The standard InChI is InChI=1S/C24H29N7O2/c1-16-21(9-13-27-23(16)26-12-4-11-25-17(2)32)22-10-14-28-24(31-22)30-20-7-5-19(6-8-20)15-29-18(3)33/h5-10,13-14H,4,11-12,15H2,1-3H3,(H,25,32)(H,26,27)(H,29,33)(H,28,30,31). The van der Waals surface area contributed by atoms with E-state index < -0.39 is 0 Å². The third kappa shape index (κ3) is 7.27. The molecular formula is C24H29N7O2. The van der Waals surface area contributed by atoms with Gasteiger partial charge in [-0.1, -0.05) is 12.1 Å². The topological polar surface area (TPSA) is 121 Å². The molecule has 4 N–H and O–H groups in total. The first-order valence-corrected chi connectivity index (χ1v) is 10.8. The molecule has 0 aliphatic heterocycles. The Hall–Kier alpha value is -4.01. The second-order valence-corrected chi connectivity index (χ2v) is 7.59. The van der Waals surface area contributed by atoms with E-state index in [2.05, 4.69) is 36.2 Å². The summed E-state index contributed by atoms with van der Waals surface area (Å²) in [6.07, 6.45) is 4.27. The minimum absolute atomic E-state index is 0.0274. The van der Waals surface area contributed by atoms with Crippen LogP contribution in [0.2, 0.25) is 0 Å². The number of nitrogens with one attached hydrogen (secondary N) is 4. The first-order valence-electron chi connectivity index (χ1n) is 10.8. The summed E-state index contributed by atoms with van der Waals surface area (Å²) >= 11 is 0. The molecule has 0 bridgehead atoms. The molecule has 0 saturated carbocycles. The number of aromatic nitrogens is 3. The molecule has 0 fully saturated rings. The highest BCUT2D eigenvalue weighted by atomic mass is 16.2. The van der Waals surface area contributed by atoms with Crippen molar-refractivity contribution in [3.8, 4) is 11.3 Å². The van der Waals surface area contributed by atoms with Crippen LogP contribution in [0.15, 0.2) is 48.8 Å². The predicted molar refractivity (Wildman–Crippen MR) is 129 cm³/mol. The van der Waals surface area contributed by atoms with Crippen LogP contribution in [0.5, 0.6) is 0 Å². The van der Waals surface area contributed by atoms with E-state index in [1.807, 2.05) is 43.3 Å². The van der Waals surface area contributed by atoms with Crippen LogP contribution in [-0.4, -0.2) is 39.9 Å². The molecule has 3 rings (SSSR count). The van der Waals surface area contributed by atoms with E-state index in [0.29, 0.717) is 25.6 Å². The minimum atomic E-state index is -0.0582. The van der Waals surface area contributed by atoms with E-state index in [0.717, 1.165) is 40.3 Å². The van der Waals surface area contributed by atoms with Crippen molar-refractivity contribution in [3.63, 3.8) is 0 Å². The number of pyridine rings is 1. The number of hydrogen-bond donors (Lipinski definition) is 4.